The highest BCUT2D eigenvalue weighted by molar-refractivity contribution is 7.90. The van der Waals surface area contributed by atoms with Crippen LogP contribution in [0.15, 0.2) is 48.5 Å². The van der Waals surface area contributed by atoms with Gasteiger partial charge >= 0.3 is 10.2 Å². The number of halogens is 2. The number of hydrogen-bond acceptors (Lipinski definition) is 4. The average Bonchev–Trinajstić information content (AvgIpc) is 2.87. The smallest absolute Gasteiger partial charge is 0.304 e. The van der Waals surface area contributed by atoms with Crippen LogP contribution in [0, 0.1) is 11.6 Å². The molecule has 0 heterocycles. The predicted octanol–water partition coefficient (Wildman–Crippen LogP) is 3.44. The van der Waals surface area contributed by atoms with E-state index in [-0.39, 0.29) is 24.2 Å². The molecule has 11 heteroatoms. The van der Waals surface area contributed by atoms with E-state index in [1.165, 1.54) is 61.5 Å². The fourth-order valence-electron chi connectivity index (χ4n) is 4.29. The zero-order valence-corrected chi connectivity index (χ0v) is 22.2. The van der Waals surface area contributed by atoms with E-state index in [4.69, 9.17) is 0 Å². The molecule has 0 aromatic heterocycles. The quantitative estimate of drug-likeness (QED) is 0.504. The van der Waals surface area contributed by atoms with E-state index in [1.54, 1.807) is 6.92 Å². The molecule has 1 atom stereocenters. The van der Waals surface area contributed by atoms with Crippen LogP contribution in [0.2, 0.25) is 0 Å². The van der Waals surface area contributed by atoms with Gasteiger partial charge in [-0.1, -0.05) is 43.5 Å². The molecule has 0 unspecified atom stereocenters. The highest BCUT2D eigenvalue weighted by Crippen LogP contribution is 2.24. The molecule has 0 bridgehead atoms. The molecule has 0 spiro atoms. The summed E-state index contributed by atoms with van der Waals surface area (Å²) in [5.74, 6) is -2.33. The molecule has 0 saturated heterocycles. The first kappa shape index (κ1) is 28.5. The van der Waals surface area contributed by atoms with E-state index >= 15 is 0 Å². The third kappa shape index (κ3) is 7.26. The maximum atomic E-state index is 14.7. The largest absolute Gasteiger partial charge is 0.352 e. The Morgan fingerprint density at radius 1 is 1.00 bits per heavy atom. The van der Waals surface area contributed by atoms with Gasteiger partial charge in [-0.05, 0) is 49.6 Å². The van der Waals surface area contributed by atoms with Crippen LogP contribution in [-0.4, -0.2) is 62.2 Å². The van der Waals surface area contributed by atoms with Crippen molar-refractivity contribution in [2.24, 2.45) is 0 Å². The number of rotatable bonds is 10. The van der Waals surface area contributed by atoms with E-state index in [0.717, 1.165) is 42.5 Å². The molecule has 1 aliphatic carbocycles. The van der Waals surface area contributed by atoms with Gasteiger partial charge in [0, 0.05) is 26.7 Å². The molecule has 1 N–H and O–H groups in total. The zero-order chi connectivity index (χ0) is 27.2. The first-order chi connectivity index (χ1) is 17.5. The van der Waals surface area contributed by atoms with Crippen LogP contribution >= 0.6 is 0 Å². The molecule has 1 saturated carbocycles. The standard InChI is InChI=1S/C26H34F2N4O4S/c1-19(26(34)29-22-9-5-4-6-10-22)31(17-20-13-15-21(27)16-14-20)25(33)18-32(37(35,36)30(2)3)24-12-8-7-11-23(24)28/h7-8,11-16,19,22H,4-6,9-10,17-18H2,1-3H3,(H,29,34)/t19-/m0/s1. The van der Waals surface area contributed by atoms with E-state index in [0.29, 0.717) is 9.87 Å². The van der Waals surface area contributed by atoms with E-state index < -0.39 is 40.3 Å². The first-order valence-electron chi connectivity index (χ1n) is 12.3. The molecule has 3 rings (SSSR count). The molecule has 0 aliphatic heterocycles. The second-order valence-electron chi connectivity index (χ2n) is 9.42. The third-order valence-corrected chi connectivity index (χ3v) is 8.33. The zero-order valence-electron chi connectivity index (χ0n) is 21.4. The van der Waals surface area contributed by atoms with Crippen LogP contribution in [0.1, 0.15) is 44.6 Å². The second-order valence-corrected chi connectivity index (χ2v) is 11.5. The van der Waals surface area contributed by atoms with Crippen molar-refractivity contribution in [3.8, 4) is 0 Å². The minimum Gasteiger partial charge on any atom is -0.352 e. The van der Waals surface area contributed by atoms with Crippen molar-refractivity contribution in [2.45, 2.75) is 57.7 Å². The Labute approximate surface area is 217 Å². The molecule has 1 aliphatic rings. The number of nitrogens with one attached hydrogen (secondary N) is 1. The number of benzene rings is 2. The molecule has 37 heavy (non-hydrogen) atoms. The summed E-state index contributed by atoms with van der Waals surface area (Å²) >= 11 is 0. The highest BCUT2D eigenvalue weighted by Gasteiger charge is 2.34. The molecular formula is C26H34F2N4O4S. The Hall–Kier alpha value is -3.05. The summed E-state index contributed by atoms with van der Waals surface area (Å²) in [6.45, 7) is 0.767. The lowest BCUT2D eigenvalue weighted by molar-refractivity contribution is -0.139. The van der Waals surface area contributed by atoms with Crippen LogP contribution < -0.4 is 9.62 Å². The minimum absolute atomic E-state index is 0.00973. The van der Waals surface area contributed by atoms with Crippen molar-refractivity contribution in [3.63, 3.8) is 0 Å². The van der Waals surface area contributed by atoms with Gasteiger partial charge in [-0.3, -0.25) is 9.59 Å². The average molecular weight is 537 g/mol. The topological polar surface area (TPSA) is 90.0 Å². The van der Waals surface area contributed by atoms with Crippen molar-refractivity contribution < 1.29 is 26.8 Å². The van der Waals surface area contributed by atoms with E-state index in [9.17, 15) is 26.8 Å². The summed E-state index contributed by atoms with van der Waals surface area (Å²) < 4.78 is 55.9. The predicted molar refractivity (Wildman–Crippen MR) is 138 cm³/mol. The Balaban J connectivity index is 1.92. The van der Waals surface area contributed by atoms with Crippen LogP contribution in [-0.2, 0) is 26.3 Å². The van der Waals surface area contributed by atoms with Gasteiger partial charge in [0.25, 0.3) is 0 Å². The van der Waals surface area contributed by atoms with Gasteiger partial charge < -0.3 is 10.2 Å². The van der Waals surface area contributed by atoms with Gasteiger partial charge in [-0.15, -0.1) is 0 Å². The summed E-state index contributed by atoms with van der Waals surface area (Å²) in [6.07, 6.45) is 4.84. The van der Waals surface area contributed by atoms with Gasteiger partial charge in [0.1, 0.15) is 24.2 Å². The molecule has 1 fully saturated rings. The second kappa shape index (κ2) is 12.5. The van der Waals surface area contributed by atoms with Gasteiger partial charge in [-0.25, -0.2) is 13.1 Å². The normalized spacial score (nSPS) is 15.3. The Bertz CT molecular complexity index is 1190. The Kier molecular flexibility index (Phi) is 9.61. The monoisotopic (exact) mass is 536 g/mol. The maximum absolute atomic E-state index is 14.7. The fourth-order valence-corrected chi connectivity index (χ4v) is 5.36. The minimum atomic E-state index is -4.26. The number of carbonyl (C=O) groups is 2. The lowest BCUT2D eigenvalue weighted by atomic mass is 9.95. The fraction of sp³-hybridized carbons (Fsp3) is 0.462. The molecule has 2 aromatic rings. The van der Waals surface area contributed by atoms with Crippen molar-refractivity contribution >= 4 is 27.7 Å². The first-order valence-corrected chi connectivity index (χ1v) is 13.7. The molecule has 2 aromatic carbocycles. The SMILES string of the molecule is C[C@@H](C(=O)NC1CCCCC1)N(Cc1ccc(F)cc1)C(=O)CN(c1ccccc1F)S(=O)(=O)N(C)C. The lowest BCUT2D eigenvalue weighted by Crippen LogP contribution is -2.53. The Morgan fingerprint density at radius 2 is 1.62 bits per heavy atom. The van der Waals surface area contributed by atoms with Crippen molar-refractivity contribution in [3.05, 3.63) is 65.7 Å². The van der Waals surface area contributed by atoms with Crippen molar-refractivity contribution in [1.82, 2.24) is 14.5 Å². The van der Waals surface area contributed by atoms with Crippen LogP contribution in [0.25, 0.3) is 0 Å². The number of carbonyl (C=O) groups excluding carboxylic acids is 2. The summed E-state index contributed by atoms with van der Waals surface area (Å²) in [7, 11) is -1.70. The maximum Gasteiger partial charge on any atom is 0.304 e. The number of amides is 2. The summed E-state index contributed by atoms with van der Waals surface area (Å²) in [6, 6.07) is 9.79. The Morgan fingerprint density at radius 3 is 2.22 bits per heavy atom. The van der Waals surface area contributed by atoms with E-state index in [1.807, 2.05) is 0 Å². The summed E-state index contributed by atoms with van der Waals surface area (Å²) in [5.41, 5.74) is 0.269. The summed E-state index contributed by atoms with van der Waals surface area (Å²) in [4.78, 5) is 28.0. The van der Waals surface area contributed by atoms with Gasteiger partial charge in [0.15, 0.2) is 0 Å². The highest BCUT2D eigenvalue weighted by atomic mass is 32.2. The van der Waals surface area contributed by atoms with Crippen LogP contribution in [0.5, 0.6) is 0 Å². The van der Waals surface area contributed by atoms with Gasteiger partial charge in [0.2, 0.25) is 11.8 Å². The number of anilines is 1. The summed E-state index contributed by atoms with van der Waals surface area (Å²) in [5, 5.41) is 3.00. The van der Waals surface area contributed by atoms with Crippen LogP contribution in [0.3, 0.4) is 0 Å². The molecule has 8 nitrogen and oxygen atoms in total. The third-order valence-electron chi connectivity index (χ3n) is 6.52. The van der Waals surface area contributed by atoms with Gasteiger partial charge in [0.05, 0.1) is 5.69 Å². The molecular weight excluding hydrogens is 502 g/mol. The van der Waals surface area contributed by atoms with Gasteiger partial charge in [-0.2, -0.15) is 12.7 Å². The van der Waals surface area contributed by atoms with E-state index in [2.05, 4.69) is 5.32 Å². The number of para-hydroxylation sites is 1. The van der Waals surface area contributed by atoms with Crippen molar-refractivity contribution in [1.29, 1.82) is 0 Å². The van der Waals surface area contributed by atoms with Crippen LogP contribution in [0.4, 0.5) is 14.5 Å². The number of hydrogen-bond donors (Lipinski definition) is 1. The number of nitrogens with zero attached hydrogens (tertiary/aromatic N) is 3. The lowest BCUT2D eigenvalue weighted by Gasteiger charge is -2.34. The molecule has 202 valence electrons. The molecule has 0 radical (unpaired) electrons. The van der Waals surface area contributed by atoms with Crippen molar-refractivity contribution in [2.75, 3.05) is 24.9 Å². The molecule has 2 amide bonds.